The summed E-state index contributed by atoms with van der Waals surface area (Å²) in [6.07, 6.45) is 2.63. The Labute approximate surface area is 113 Å². The summed E-state index contributed by atoms with van der Waals surface area (Å²) in [7, 11) is 0. The second kappa shape index (κ2) is 7.57. The third-order valence-electron chi connectivity index (χ3n) is 3.06. The van der Waals surface area contributed by atoms with Gasteiger partial charge in [0.15, 0.2) is 0 Å². The van der Waals surface area contributed by atoms with Crippen molar-refractivity contribution in [2.75, 3.05) is 13.2 Å². The van der Waals surface area contributed by atoms with E-state index in [0.717, 1.165) is 18.4 Å². The smallest absolute Gasteiger partial charge is 0.336 e. The summed E-state index contributed by atoms with van der Waals surface area (Å²) in [5, 5.41) is 0. The van der Waals surface area contributed by atoms with Gasteiger partial charge in [-0.3, -0.25) is 9.59 Å². The van der Waals surface area contributed by atoms with Gasteiger partial charge in [-0.2, -0.15) is 0 Å². The van der Waals surface area contributed by atoms with Crippen LogP contribution in [0.4, 0.5) is 0 Å². The Bertz CT molecular complexity index is 420. The highest BCUT2D eigenvalue weighted by atomic mass is 16.5. The molecule has 5 heteroatoms. The number of allylic oxidation sites excluding steroid dienone is 1. The molecule has 1 aliphatic carbocycles. The number of hydrogen-bond acceptors (Lipinski definition) is 4. The van der Waals surface area contributed by atoms with E-state index in [-0.39, 0.29) is 24.2 Å². The number of esters is 2. The number of ether oxygens (including phenoxy) is 2. The normalized spacial score (nSPS) is 21.2. The van der Waals surface area contributed by atoms with Crippen LogP contribution in [0, 0.1) is 12.5 Å². The van der Waals surface area contributed by atoms with Gasteiger partial charge in [0, 0.05) is 0 Å². The lowest BCUT2D eigenvalue weighted by molar-refractivity contribution is -0.148. The minimum Gasteiger partial charge on any atom is -0.471 e. The molecule has 0 heterocycles. The van der Waals surface area contributed by atoms with Crippen LogP contribution in [0.3, 0.4) is 0 Å². The molecule has 0 amide bonds. The summed E-state index contributed by atoms with van der Waals surface area (Å²) in [6, 6.07) is 0. The highest BCUT2D eigenvalue weighted by Gasteiger charge is 2.28. The monoisotopic (exact) mass is 265 g/mol. The van der Waals surface area contributed by atoms with Crippen LogP contribution in [-0.2, 0) is 19.1 Å². The Morgan fingerprint density at radius 3 is 2.58 bits per heavy atom. The summed E-state index contributed by atoms with van der Waals surface area (Å²) in [4.78, 5) is 26.7. The summed E-state index contributed by atoms with van der Waals surface area (Å²) < 4.78 is 9.86. The Kier molecular flexibility index (Phi) is 6.07. The fourth-order valence-corrected chi connectivity index (χ4v) is 2.21. The molecule has 1 unspecified atom stereocenters. The van der Waals surface area contributed by atoms with E-state index < -0.39 is 5.97 Å². The fourth-order valence-electron chi connectivity index (χ4n) is 2.21. The first-order valence-electron chi connectivity index (χ1n) is 6.57. The lowest BCUT2D eigenvalue weighted by atomic mass is 9.84. The van der Waals surface area contributed by atoms with Crippen molar-refractivity contribution in [3.63, 3.8) is 0 Å². The van der Waals surface area contributed by atoms with Gasteiger partial charge in [0.05, 0.1) is 25.7 Å². The Hall–Kier alpha value is -1.83. The first-order valence-corrected chi connectivity index (χ1v) is 6.57. The molecule has 0 aromatic carbocycles. The topological polar surface area (TPSA) is 57.0 Å². The molecule has 0 aromatic rings. The van der Waals surface area contributed by atoms with Gasteiger partial charge >= 0.3 is 11.9 Å². The van der Waals surface area contributed by atoms with E-state index in [1.54, 1.807) is 13.8 Å². The molecule has 1 atom stereocenters. The zero-order valence-corrected chi connectivity index (χ0v) is 11.4. The zero-order valence-electron chi connectivity index (χ0n) is 11.4. The predicted octanol–water partition coefficient (Wildman–Crippen LogP) is 2.48. The van der Waals surface area contributed by atoms with E-state index in [1.165, 1.54) is 0 Å². The molecule has 19 heavy (non-hydrogen) atoms. The van der Waals surface area contributed by atoms with E-state index in [9.17, 15) is 9.59 Å². The summed E-state index contributed by atoms with van der Waals surface area (Å²) >= 11 is 0. The molecular formula is C14H19NO4. The molecule has 1 aliphatic rings. The van der Waals surface area contributed by atoms with Crippen LogP contribution < -0.4 is 0 Å². The van der Waals surface area contributed by atoms with E-state index in [2.05, 4.69) is 4.85 Å². The third-order valence-corrected chi connectivity index (χ3v) is 3.06. The quantitative estimate of drug-likeness (QED) is 0.445. The van der Waals surface area contributed by atoms with Gasteiger partial charge in [0.1, 0.15) is 0 Å². The van der Waals surface area contributed by atoms with Crippen LogP contribution in [-0.4, -0.2) is 25.2 Å². The summed E-state index contributed by atoms with van der Waals surface area (Å²) in [5.74, 6) is -1.07. The Morgan fingerprint density at radius 2 is 2.00 bits per heavy atom. The van der Waals surface area contributed by atoms with Crippen LogP contribution in [0.2, 0.25) is 0 Å². The number of nitrogens with zero attached hydrogens (tertiary/aromatic N) is 1. The molecule has 0 saturated heterocycles. The number of carbonyl (C=O) groups is 2. The second-order valence-corrected chi connectivity index (χ2v) is 4.33. The molecule has 1 rings (SSSR count). The van der Waals surface area contributed by atoms with Gasteiger partial charge in [-0.05, 0) is 39.5 Å². The van der Waals surface area contributed by atoms with Crippen molar-refractivity contribution >= 4 is 11.9 Å². The van der Waals surface area contributed by atoms with Crippen LogP contribution >= 0.6 is 0 Å². The van der Waals surface area contributed by atoms with Gasteiger partial charge in [-0.25, -0.2) is 4.85 Å². The molecule has 0 aliphatic heterocycles. The molecule has 1 saturated carbocycles. The lowest BCUT2D eigenvalue weighted by Crippen LogP contribution is -2.22. The van der Waals surface area contributed by atoms with Crippen LogP contribution in [0.15, 0.2) is 11.3 Å². The van der Waals surface area contributed by atoms with Gasteiger partial charge in [-0.15, -0.1) is 0 Å². The molecule has 0 spiro atoms. The highest BCUT2D eigenvalue weighted by molar-refractivity contribution is 5.91. The van der Waals surface area contributed by atoms with Crippen molar-refractivity contribution in [2.45, 2.75) is 39.5 Å². The van der Waals surface area contributed by atoms with E-state index >= 15 is 0 Å². The van der Waals surface area contributed by atoms with E-state index in [1.807, 2.05) is 0 Å². The molecule has 0 bridgehead atoms. The van der Waals surface area contributed by atoms with Crippen LogP contribution in [0.1, 0.15) is 39.5 Å². The van der Waals surface area contributed by atoms with Crippen LogP contribution in [0.5, 0.6) is 0 Å². The van der Waals surface area contributed by atoms with Crippen molar-refractivity contribution < 1.29 is 19.1 Å². The fraction of sp³-hybridized carbons (Fsp3) is 0.643. The average Bonchev–Trinajstić information content (AvgIpc) is 2.40. The standard InChI is InChI=1S/C14H19NO4/c1-4-18-13(16)11-8-6-7-10(9-11)12(15-3)14(17)19-5-2/h11H,4-9H2,1-2H3/b12-10+. The van der Waals surface area contributed by atoms with E-state index in [0.29, 0.717) is 19.4 Å². The summed E-state index contributed by atoms with van der Waals surface area (Å²) in [5.41, 5.74) is 0.758. The van der Waals surface area contributed by atoms with Crippen LogP contribution in [0.25, 0.3) is 4.85 Å². The van der Waals surface area contributed by atoms with E-state index in [4.69, 9.17) is 16.0 Å². The molecule has 1 fully saturated rings. The van der Waals surface area contributed by atoms with Gasteiger partial charge < -0.3 is 9.47 Å². The Morgan fingerprint density at radius 1 is 1.32 bits per heavy atom. The van der Waals surface area contributed by atoms with Crippen molar-refractivity contribution in [3.05, 3.63) is 22.7 Å². The van der Waals surface area contributed by atoms with Gasteiger partial charge in [-0.1, -0.05) is 5.57 Å². The molecule has 5 nitrogen and oxygen atoms in total. The predicted molar refractivity (Wildman–Crippen MR) is 68.9 cm³/mol. The van der Waals surface area contributed by atoms with Crippen molar-refractivity contribution in [2.24, 2.45) is 5.92 Å². The maximum atomic E-state index is 11.7. The number of hydrogen-bond donors (Lipinski definition) is 0. The molecular weight excluding hydrogens is 246 g/mol. The maximum absolute atomic E-state index is 11.7. The zero-order chi connectivity index (χ0) is 14.3. The second-order valence-electron chi connectivity index (χ2n) is 4.33. The molecule has 0 aromatic heterocycles. The molecule has 0 radical (unpaired) electrons. The Balaban J connectivity index is 2.84. The third kappa shape index (κ3) is 4.09. The van der Waals surface area contributed by atoms with Gasteiger partial charge in [0.25, 0.3) is 5.70 Å². The number of rotatable bonds is 4. The summed E-state index contributed by atoms with van der Waals surface area (Å²) in [6.45, 7) is 11.2. The minimum atomic E-state index is -0.586. The average molecular weight is 265 g/mol. The molecule has 0 N–H and O–H groups in total. The van der Waals surface area contributed by atoms with Crippen molar-refractivity contribution in [1.29, 1.82) is 0 Å². The van der Waals surface area contributed by atoms with Crippen molar-refractivity contribution in [3.8, 4) is 0 Å². The van der Waals surface area contributed by atoms with Gasteiger partial charge in [0.2, 0.25) is 0 Å². The number of carbonyl (C=O) groups excluding carboxylic acids is 2. The molecule has 104 valence electrons. The minimum absolute atomic E-state index is 0.0378. The lowest BCUT2D eigenvalue weighted by Gasteiger charge is -2.23. The SMILES string of the molecule is [C-]#[N+]/C(C(=O)OCC)=C1\CCCC(C(=O)OCC)C1. The first-order chi connectivity index (χ1) is 9.13. The largest absolute Gasteiger partial charge is 0.471 e. The van der Waals surface area contributed by atoms with Crippen molar-refractivity contribution in [1.82, 2.24) is 0 Å². The first kappa shape index (κ1) is 15.2. The highest BCUT2D eigenvalue weighted by Crippen LogP contribution is 2.32. The maximum Gasteiger partial charge on any atom is 0.336 e.